The highest BCUT2D eigenvalue weighted by Crippen LogP contribution is 2.30. The first kappa shape index (κ1) is 14.9. The number of hydrogen-bond acceptors (Lipinski definition) is 5. The lowest BCUT2D eigenvalue weighted by atomic mass is 10.1. The molecule has 0 aliphatic carbocycles. The highest BCUT2D eigenvalue weighted by Gasteiger charge is 2.17. The summed E-state index contributed by atoms with van der Waals surface area (Å²) < 4.78 is 23.0. The van der Waals surface area contributed by atoms with Gasteiger partial charge in [0.05, 0.1) is 12.3 Å². The second-order valence-electron chi connectivity index (χ2n) is 4.33. The van der Waals surface area contributed by atoms with E-state index in [1.165, 1.54) is 12.1 Å². The summed E-state index contributed by atoms with van der Waals surface area (Å²) in [6.07, 6.45) is -0.823. The summed E-state index contributed by atoms with van der Waals surface area (Å²) in [5, 5.41) is 0. The van der Waals surface area contributed by atoms with Crippen molar-refractivity contribution in [3.8, 4) is 17.0 Å². The highest BCUT2D eigenvalue weighted by molar-refractivity contribution is 5.73. The molecule has 0 N–H and O–H groups in total. The molecule has 0 radical (unpaired) electrons. The topological polar surface area (TPSA) is 61.3 Å². The van der Waals surface area contributed by atoms with Crippen LogP contribution in [-0.2, 0) is 4.74 Å². The fraction of sp³-hybridized carbons (Fsp3) is 0.267. The molecular formula is C15H15FN2O3. The molecule has 0 spiro atoms. The Morgan fingerprint density at radius 3 is 2.48 bits per heavy atom. The molecule has 0 saturated carbocycles. The molecule has 6 heteroatoms. The minimum Gasteiger partial charge on any atom is -0.434 e. The molecule has 0 unspecified atom stereocenters. The number of hydrogen-bond donors (Lipinski definition) is 0. The molecule has 21 heavy (non-hydrogen) atoms. The maximum Gasteiger partial charge on any atom is 0.513 e. The van der Waals surface area contributed by atoms with Crippen molar-refractivity contribution in [3.05, 3.63) is 41.6 Å². The highest BCUT2D eigenvalue weighted by atomic mass is 19.1. The number of rotatable bonds is 3. The van der Waals surface area contributed by atoms with Crippen molar-refractivity contribution in [2.24, 2.45) is 0 Å². The SMILES string of the molecule is CCOC(=O)Oc1c(C)nc(C)nc1-c1ccc(F)cc1. The lowest BCUT2D eigenvalue weighted by Gasteiger charge is -2.12. The molecule has 0 atom stereocenters. The van der Waals surface area contributed by atoms with Crippen molar-refractivity contribution in [1.82, 2.24) is 9.97 Å². The van der Waals surface area contributed by atoms with Crippen molar-refractivity contribution in [1.29, 1.82) is 0 Å². The molecule has 1 aromatic heterocycles. The quantitative estimate of drug-likeness (QED) is 0.810. The fourth-order valence-corrected chi connectivity index (χ4v) is 1.86. The van der Waals surface area contributed by atoms with Gasteiger partial charge in [0, 0.05) is 5.56 Å². The van der Waals surface area contributed by atoms with Crippen LogP contribution in [0.3, 0.4) is 0 Å². The third-order valence-electron chi connectivity index (χ3n) is 2.71. The zero-order valence-electron chi connectivity index (χ0n) is 12.0. The number of ether oxygens (including phenoxy) is 2. The van der Waals surface area contributed by atoms with E-state index in [1.807, 2.05) is 0 Å². The summed E-state index contributed by atoms with van der Waals surface area (Å²) in [6, 6.07) is 5.76. The molecule has 0 aliphatic rings. The molecule has 1 heterocycles. The number of nitrogens with zero attached hydrogens (tertiary/aromatic N) is 2. The van der Waals surface area contributed by atoms with Crippen molar-refractivity contribution >= 4 is 6.16 Å². The van der Waals surface area contributed by atoms with E-state index in [0.717, 1.165) is 0 Å². The third-order valence-corrected chi connectivity index (χ3v) is 2.71. The smallest absolute Gasteiger partial charge is 0.434 e. The molecule has 0 bridgehead atoms. The molecule has 0 aliphatic heterocycles. The second kappa shape index (κ2) is 6.30. The minimum absolute atomic E-state index is 0.205. The standard InChI is InChI=1S/C15H15FN2O3/c1-4-20-15(19)21-14-9(2)17-10(3)18-13(14)11-5-7-12(16)8-6-11/h5-8H,4H2,1-3H3. The summed E-state index contributed by atoms with van der Waals surface area (Å²) in [4.78, 5) is 20.0. The van der Waals surface area contributed by atoms with Crippen LogP contribution in [0.2, 0.25) is 0 Å². The van der Waals surface area contributed by atoms with Gasteiger partial charge in [0.2, 0.25) is 0 Å². The molecule has 0 fully saturated rings. The summed E-state index contributed by atoms with van der Waals surface area (Å²) in [5.41, 5.74) is 1.56. The van der Waals surface area contributed by atoms with E-state index >= 15 is 0 Å². The Kier molecular flexibility index (Phi) is 4.47. The Bertz CT molecular complexity index is 657. The molecule has 0 amide bonds. The van der Waals surface area contributed by atoms with E-state index in [1.54, 1.807) is 32.9 Å². The van der Waals surface area contributed by atoms with Crippen LogP contribution in [0.5, 0.6) is 5.75 Å². The first-order chi connectivity index (χ1) is 10.0. The Morgan fingerprint density at radius 1 is 1.19 bits per heavy atom. The van der Waals surface area contributed by atoms with Gasteiger partial charge in [-0.25, -0.2) is 19.2 Å². The molecule has 2 aromatic rings. The first-order valence-electron chi connectivity index (χ1n) is 6.47. The van der Waals surface area contributed by atoms with Gasteiger partial charge >= 0.3 is 6.16 Å². The maximum absolute atomic E-state index is 13.0. The first-order valence-corrected chi connectivity index (χ1v) is 6.47. The van der Waals surface area contributed by atoms with Crippen LogP contribution in [0.1, 0.15) is 18.4 Å². The van der Waals surface area contributed by atoms with E-state index in [9.17, 15) is 9.18 Å². The van der Waals surface area contributed by atoms with Crippen LogP contribution in [-0.4, -0.2) is 22.7 Å². The largest absolute Gasteiger partial charge is 0.513 e. The van der Waals surface area contributed by atoms with E-state index in [4.69, 9.17) is 9.47 Å². The average Bonchev–Trinajstić information content (AvgIpc) is 2.43. The third kappa shape index (κ3) is 3.53. The average molecular weight is 290 g/mol. The van der Waals surface area contributed by atoms with Crippen LogP contribution in [0.4, 0.5) is 9.18 Å². The summed E-state index contributed by atoms with van der Waals surface area (Å²) >= 11 is 0. The van der Waals surface area contributed by atoms with Crippen molar-refractivity contribution in [2.75, 3.05) is 6.61 Å². The zero-order chi connectivity index (χ0) is 15.4. The number of halogens is 1. The number of carbonyl (C=O) groups is 1. The van der Waals surface area contributed by atoms with Crippen LogP contribution in [0.15, 0.2) is 24.3 Å². The van der Waals surface area contributed by atoms with Gasteiger partial charge in [-0.2, -0.15) is 0 Å². The van der Waals surface area contributed by atoms with Crippen LogP contribution in [0, 0.1) is 19.7 Å². The molecular weight excluding hydrogens is 275 g/mol. The fourth-order valence-electron chi connectivity index (χ4n) is 1.86. The van der Waals surface area contributed by atoms with Crippen molar-refractivity contribution < 1.29 is 18.7 Å². The van der Waals surface area contributed by atoms with Crippen molar-refractivity contribution in [2.45, 2.75) is 20.8 Å². The number of benzene rings is 1. The molecule has 5 nitrogen and oxygen atoms in total. The van der Waals surface area contributed by atoms with E-state index < -0.39 is 6.16 Å². The summed E-state index contributed by atoms with van der Waals surface area (Å²) in [6.45, 7) is 5.32. The van der Waals surface area contributed by atoms with Crippen molar-refractivity contribution in [3.63, 3.8) is 0 Å². The van der Waals surface area contributed by atoms with Gasteiger partial charge in [-0.15, -0.1) is 0 Å². The number of aromatic nitrogens is 2. The molecule has 110 valence electrons. The van der Waals surface area contributed by atoms with Gasteiger partial charge in [-0.3, -0.25) is 0 Å². The Labute approximate surface area is 121 Å². The van der Waals surface area contributed by atoms with E-state index in [0.29, 0.717) is 22.8 Å². The van der Waals surface area contributed by atoms with Gasteiger partial charge in [0.15, 0.2) is 5.75 Å². The Morgan fingerprint density at radius 2 is 1.86 bits per heavy atom. The lowest BCUT2D eigenvalue weighted by molar-refractivity contribution is 0.104. The molecule has 2 rings (SSSR count). The zero-order valence-corrected chi connectivity index (χ0v) is 12.0. The normalized spacial score (nSPS) is 10.3. The second-order valence-corrected chi connectivity index (χ2v) is 4.33. The minimum atomic E-state index is -0.823. The Balaban J connectivity index is 2.48. The molecule has 1 aromatic carbocycles. The monoisotopic (exact) mass is 290 g/mol. The maximum atomic E-state index is 13.0. The van der Waals surface area contributed by atoms with Crippen LogP contribution in [0.25, 0.3) is 11.3 Å². The van der Waals surface area contributed by atoms with Gasteiger partial charge in [0.1, 0.15) is 17.3 Å². The number of aryl methyl sites for hydroxylation is 2. The predicted molar refractivity (Wildman–Crippen MR) is 74.6 cm³/mol. The summed E-state index contributed by atoms with van der Waals surface area (Å²) in [7, 11) is 0. The van der Waals surface area contributed by atoms with Crippen LogP contribution >= 0.6 is 0 Å². The Hall–Kier alpha value is -2.50. The van der Waals surface area contributed by atoms with Gasteiger partial charge in [-0.1, -0.05) is 0 Å². The van der Waals surface area contributed by atoms with Gasteiger partial charge < -0.3 is 9.47 Å². The van der Waals surface area contributed by atoms with Crippen LogP contribution < -0.4 is 4.74 Å². The molecule has 0 saturated heterocycles. The summed E-state index contributed by atoms with van der Waals surface area (Å²) in [5.74, 6) is 0.391. The number of carbonyl (C=O) groups excluding carboxylic acids is 1. The van der Waals surface area contributed by atoms with E-state index in [2.05, 4.69) is 9.97 Å². The predicted octanol–water partition coefficient (Wildman–Crippen LogP) is 3.43. The van der Waals surface area contributed by atoms with Gasteiger partial charge in [-0.05, 0) is 45.0 Å². The van der Waals surface area contributed by atoms with Gasteiger partial charge in [0.25, 0.3) is 0 Å². The lowest BCUT2D eigenvalue weighted by Crippen LogP contribution is -2.13. The van der Waals surface area contributed by atoms with E-state index in [-0.39, 0.29) is 18.2 Å².